The average molecular weight is 189 g/mol. The summed E-state index contributed by atoms with van der Waals surface area (Å²) in [5.41, 5.74) is 4.29. The zero-order valence-electron chi connectivity index (χ0n) is 7.34. The Hall–Kier alpha value is -0.890. The number of rotatable bonds is 0. The number of hydrogen-bond acceptors (Lipinski definition) is 1. The van der Waals surface area contributed by atoms with Crippen LogP contribution in [0.5, 0.6) is 0 Å². The van der Waals surface area contributed by atoms with Gasteiger partial charge in [-0.25, -0.2) is 0 Å². The number of benzene rings is 1. The highest BCUT2D eigenvalue weighted by molar-refractivity contribution is 7.98. The molecule has 0 radical (unpaired) electrons. The highest BCUT2D eigenvalue weighted by Crippen LogP contribution is 2.30. The fourth-order valence-electron chi connectivity index (χ4n) is 2.01. The number of aromatic amines is 1. The van der Waals surface area contributed by atoms with Crippen LogP contribution < -0.4 is 0 Å². The minimum Gasteiger partial charge on any atom is -0.357 e. The third-order valence-corrected chi connectivity index (χ3v) is 3.63. The zero-order chi connectivity index (χ0) is 8.67. The molecule has 66 valence electrons. The Kier molecular flexibility index (Phi) is 1.62. The number of para-hydroxylation sites is 1. The molecule has 0 amide bonds. The van der Waals surface area contributed by atoms with Crippen molar-refractivity contribution in [3.63, 3.8) is 0 Å². The van der Waals surface area contributed by atoms with E-state index in [0.717, 1.165) is 5.75 Å². The Morgan fingerprint density at radius 3 is 3.15 bits per heavy atom. The minimum absolute atomic E-state index is 1.16. The summed E-state index contributed by atoms with van der Waals surface area (Å²) in [6, 6.07) is 8.61. The summed E-state index contributed by atoms with van der Waals surface area (Å²) < 4.78 is 0. The standard InChI is InChI=1S/C11H11NS/c1-2-4-10-8(3-1)9-5-6-13-7-11(9)12-10/h1-4,12H,5-7H2. The molecule has 0 fully saturated rings. The van der Waals surface area contributed by atoms with Crippen LogP contribution >= 0.6 is 11.8 Å². The van der Waals surface area contributed by atoms with Gasteiger partial charge in [0.15, 0.2) is 0 Å². The summed E-state index contributed by atoms with van der Waals surface area (Å²) >= 11 is 2.02. The molecule has 2 aromatic rings. The van der Waals surface area contributed by atoms with Gasteiger partial charge >= 0.3 is 0 Å². The predicted octanol–water partition coefficient (Wildman–Crippen LogP) is 2.96. The predicted molar refractivity (Wildman–Crippen MR) is 58.2 cm³/mol. The Bertz CT molecular complexity index is 444. The van der Waals surface area contributed by atoms with Crippen molar-refractivity contribution >= 4 is 22.7 Å². The highest BCUT2D eigenvalue weighted by Gasteiger charge is 2.14. The first-order chi connectivity index (χ1) is 6.45. The molecule has 13 heavy (non-hydrogen) atoms. The van der Waals surface area contributed by atoms with E-state index in [1.54, 1.807) is 5.56 Å². The molecule has 1 nitrogen and oxygen atoms in total. The van der Waals surface area contributed by atoms with Crippen molar-refractivity contribution in [1.82, 2.24) is 4.98 Å². The molecule has 0 unspecified atom stereocenters. The van der Waals surface area contributed by atoms with Gasteiger partial charge in [-0.2, -0.15) is 11.8 Å². The molecule has 0 spiro atoms. The van der Waals surface area contributed by atoms with E-state index in [-0.39, 0.29) is 0 Å². The molecular weight excluding hydrogens is 178 g/mol. The highest BCUT2D eigenvalue weighted by atomic mass is 32.2. The van der Waals surface area contributed by atoms with Crippen LogP contribution in [-0.2, 0) is 12.2 Å². The summed E-state index contributed by atoms with van der Waals surface area (Å²) in [6.45, 7) is 0. The van der Waals surface area contributed by atoms with E-state index in [1.165, 1.54) is 28.8 Å². The molecule has 0 saturated carbocycles. The molecule has 2 heteroatoms. The maximum atomic E-state index is 3.50. The molecule has 1 aliphatic heterocycles. The van der Waals surface area contributed by atoms with Gasteiger partial charge in [-0.15, -0.1) is 0 Å². The van der Waals surface area contributed by atoms with Gasteiger partial charge in [0.2, 0.25) is 0 Å². The number of H-pyrrole nitrogens is 1. The lowest BCUT2D eigenvalue weighted by Gasteiger charge is -2.09. The molecule has 1 aromatic carbocycles. The number of aryl methyl sites for hydroxylation is 1. The van der Waals surface area contributed by atoms with Crippen LogP contribution in [0.15, 0.2) is 24.3 Å². The topological polar surface area (TPSA) is 15.8 Å². The summed E-state index contributed by atoms with van der Waals surface area (Å²) in [5, 5.41) is 1.43. The summed E-state index contributed by atoms with van der Waals surface area (Å²) in [5.74, 6) is 2.43. The minimum atomic E-state index is 1.16. The van der Waals surface area contributed by atoms with E-state index >= 15 is 0 Å². The second-order valence-electron chi connectivity index (χ2n) is 3.43. The fourth-order valence-corrected chi connectivity index (χ4v) is 2.96. The van der Waals surface area contributed by atoms with E-state index < -0.39 is 0 Å². The van der Waals surface area contributed by atoms with Crippen molar-refractivity contribution in [2.75, 3.05) is 5.75 Å². The van der Waals surface area contributed by atoms with Gasteiger partial charge in [-0.05, 0) is 23.8 Å². The molecule has 0 bridgehead atoms. The molecule has 1 N–H and O–H groups in total. The number of aromatic nitrogens is 1. The normalized spacial score (nSPS) is 16.0. The summed E-state index contributed by atoms with van der Waals surface area (Å²) in [6.07, 6.45) is 1.23. The smallest absolute Gasteiger partial charge is 0.0459 e. The van der Waals surface area contributed by atoms with E-state index in [9.17, 15) is 0 Å². The van der Waals surface area contributed by atoms with Crippen LogP contribution in [0.4, 0.5) is 0 Å². The average Bonchev–Trinajstić information content (AvgIpc) is 2.56. The van der Waals surface area contributed by atoms with Crippen LogP contribution in [0.2, 0.25) is 0 Å². The maximum absolute atomic E-state index is 3.50. The lowest BCUT2D eigenvalue weighted by atomic mass is 10.1. The number of thioether (sulfide) groups is 1. The third kappa shape index (κ3) is 1.09. The van der Waals surface area contributed by atoms with Gasteiger partial charge in [-0.3, -0.25) is 0 Å². The number of fused-ring (bicyclic) bond motifs is 3. The van der Waals surface area contributed by atoms with Crippen LogP contribution in [0, 0.1) is 0 Å². The molecule has 1 aliphatic rings. The third-order valence-electron chi connectivity index (χ3n) is 2.64. The summed E-state index contributed by atoms with van der Waals surface area (Å²) in [7, 11) is 0. The molecular formula is C11H11NS. The zero-order valence-corrected chi connectivity index (χ0v) is 8.16. The Morgan fingerprint density at radius 1 is 1.23 bits per heavy atom. The van der Waals surface area contributed by atoms with Crippen molar-refractivity contribution in [2.45, 2.75) is 12.2 Å². The van der Waals surface area contributed by atoms with Crippen LogP contribution in [0.3, 0.4) is 0 Å². The van der Waals surface area contributed by atoms with Gasteiger partial charge < -0.3 is 4.98 Å². The van der Waals surface area contributed by atoms with Crippen molar-refractivity contribution in [3.05, 3.63) is 35.5 Å². The molecule has 2 heterocycles. The van der Waals surface area contributed by atoms with Gasteiger partial charge in [0.25, 0.3) is 0 Å². The first-order valence-electron chi connectivity index (χ1n) is 4.61. The molecule has 0 saturated heterocycles. The van der Waals surface area contributed by atoms with E-state index in [1.807, 2.05) is 11.8 Å². The first kappa shape index (κ1) is 7.51. The van der Waals surface area contributed by atoms with E-state index in [4.69, 9.17) is 0 Å². The fraction of sp³-hybridized carbons (Fsp3) is 0.273. The second kappa shape index (κ2) is 2.81. The SMILES string of the molecule is c1ccc2c3c([nH]c2c1)CSCC3. The maximum Gasteiger partial charge on any atom is 0.0459 e. The van der Waals surface area contributed by atoms with Crippen LogP contribution in [0.25, 0.3) is 10.9 Å². The van der Waals surface area contributed by atoms with Gasteiger partial charge in [0.05, 0.1) is 0 Å². The summed E-state index contributed by atoms with van der Waals surface area (Å²) in [4.78, 5) is 3.50. The van der Waals surface area contributed by atoms with Gasteiger partial charge in [0.1, 0.15) is 0 Å². The molecule has 3 rings (SSSR count). The van der Waals surface area contributed by atoms with Crippen LogP contribution in [-0.4, -0.2) is 10.7 Å². The molecule has 1 aromatic heterocycles. The Balaban J connectivity index is 2.34. The molecule has 0 aliphatic carbocycles. The van der Waals surface area contributed by atoms with Gasteiger partial charge in [-0.1, -0.05) is 18.2 Å². The number of hydrogen-bond donors (Lipinski definition) is 1. The lowest BCUT2D eigenvalue weighted by Crippen LogP contribution is -1.99. The van der Waals surface area contributed by atoms with Crippen molar-refractivity contribution in [3.8, 4) is 0 Å². The largest absolute Gasteiger partial charge is 0.357 e. The lowest BCUT2D eigenvalue weighted by molar-refractivity contribution is 1.07. The second-order valence-corrected chi connectivity index (χ2v) is 4.54. The van der Waals surface area contributed by atoms with Crippen molar-refractivity contribution in [1.29, 1.82) is 0 Å². The van der Waals surface area contributed by atoms with Crippen molar-refractivity contribution in [2.24, 2.45) is 0 Å². The Morgan fingerprint density at radius 2 is 2.15 bits per heavy atom. The first-order valence-corrected chi connectivity index (χ1v) is 5.77. The van der Waals surface area contributed by atoms with E-state index in [2.05, 4.69) is 29.2 Å². The van der Waals surface area contributed by atoms with Gasteiger partial charge in [0, 0.05) is 22.3 Å². The van der Waals surface area contributed by atoms with Crippen LogP contribution in [0.1, 0.15) is 11.3 Å². The monoisotopic (exact) mass is 189 g/mol. The molecule has 0 atom stereocenters. The Labute approximate surface area is 81.5 Å². The quantitative estimate of drug-likeness (QED) is 0.673. The number of nitrogens with one attached hydrogen (secondary N) is 1. The van der Waals surface area contributed by atoms with E-state index in [0.29, 0.717) is 0 Å². The van der Waals surface area contributed by atoms with Crippen molar-refractivity contribution < 1.29 is 0 Å².